The third kappa shape index (κ3) is 7.36. The lowest BCUT2D eigenvalue weighted by atomic mass is 10.1. The Morgan fingerprint density at radius 1 is 1.13 bits per heavy atom. The van der Waals surface area contributed by atoms with E-state index >= 15 is 0 Å². The van der Waals surface area contributed by atoms with Crippen LogP contribution in [-0.4, -0.2) is 42.2 Å². The Morgan fingerprint density at radius 2 is 1.87 bits per heavy atom. The summed E-state index contributed by atoms with van der Waals surface area (Å²) in [6.07, 6.45) is 0.554. The first-order valence-corrected chi connectivity index (χ1v) is 12.0. The van der Waals surface area contributed by atoms with Crippen LogP contribution in [0.15, 0.2) is 53.0 Å². The maximum absolute atomic E-state index is 13.1. The molecule has 2 aromatic rings. The number of nitrogens with one attached hydrogen (secondary N) is 1. The van der Waals surface area contributed by atoms with Crippen LogP contribution in [-0.2, 0) is 21.9 Å². The number of halogens is 1. The molecule has 0 radical (unpaired) electrons. The van der Waals surface area contributed by atoms with Crippen LogP contribution in [0.25, 0.3) is 0 Å². The number of ether oxygens (including phenoxy) is 1. The topological polar surface area (TPSA) is 58.6 Å². The summed E-state index contributed by atoms with van der Waals surface area (Å²) in [5, 5.41) is 2.86. The minimum Gasteiger partial charge on any atom is -0.497 e. The number of likely N-dealkylation sites (N-methyl/N-ethyl adjacent to an activating group) is 1. The normalized spacial score (nSPS) is 11.6. The number of amides is 2. The maximum Gasteiger partial charge on any atom is 0.242 e. The van der Waals surface area contributed by atoms with E-state index in [0.29, 0.717) is 25.3 Å². The first kappa shape index (κ1) is 24.3. The molecule has 2 aromatic carbocycles. The molecule has 0 aliphatic heterocycles. The zero-order valence-corrected chi connectivity index (χ0v) is 20.1. The largest absolute Gasteiger partial charge is 0.497 e. The third-order valence-electron chi connectivity index (χ3n) is 4.63. The Bertz CT molecular complexity index is 829. The summed E-state index contributed by atoms with van der Waals surface area (Å²) in [7, 11) is 1.62. The van der Waals surface area contributed by atoms with Gasteiger partial charge in [0.05, 0.1) is 12.9 Å². The Balaban J connectivity index is 2.12. The molecule has 2 amide bonds. The zero-order chi connectivity index (χ0) is 21.9. The van der Waals surface area contributed by atoms with E-state index in [1.165, 1.54) is 0 Å². The predicted octanol–water partition coefficient (Wildman–Crippen LogP) is 4.63. The van der Waals surface area contributed by atoms with Gasteiger partial charge in [-0.3, -0.25) is 9.59 Å². The van der Waals surface area contributed by atoms with Crippen LogP contribution in [0.2, 0.25) is 0 Å². The highest BCUT2D eigenvalue weighted by Crippen LogP contribution is 2.20. The first-order valence-electron chi connectivity index (χ1n) is 10.0. The van der Waals surface area contributed by atoms with Crippen molar-refractivity contribution >= 4 is 39.5 Å². The van der Waals surface area contributed by atoms with Gasteiger partial charge in [0, 0.05) is 23.3 Å². The number of carbonyl (C=O) groups excluding carboxylic acids is 2. The number of thioether (sulfide) groups is 1. The third-order valence-corrected chi connectivity index (χ3v) is 6.15. The van der Waals surface area contributed by atoms with Gasteiger partial charge >= 0.3 is 0 Å². The molecule has 0 saturated heterocycles. The Labute approximate surface area is 191 Å². The lowest BCUT2D eigenvalue weighted by Crippen LogP contribution is -2.49. The lowest BCUT2D eigenvalue weighted by Gasteiger charge is -2.30. The highest BCUT2D eigenvalue weighted by Gasteiger charge is 2.28. The van der Waals surface area contributed by atoms with E-state index in [-0.39, 0.29) is 11.8 Å². The van der Waals surface area contributed by atoms with E-state index in [4.69, 9.17) is 4.74 Å². The second-order valence-corrected chi connectivity index (χ2v) is 8.71. The number of nitrogens with zero attached hydrogens (tertiary/aromatic N) is 1. The Kier molecular flexibility index (Phi) is 10.2. The number of carbonyl (C=O) groups is 2. The highest BCUT2D eigenvalue weighted by atomic mass is 79.9. The summed E-state index contributed by atoms with van der Waals surface area (Å²) in [6.45, 7) is 4.72. The summed E-state index contributed by atoms with van der Waals surface area (Å²) in [5.74, 6) is 1.63. The van der Waals surface area contributed by atoms with Crippen molar-refractivity contribution in [2.75, 3.05) is 19.4 Å². The average molecular weight is 493 g/mol. The minimum atomic E-state index is -0.503. The number of rotatable bonds is 11. The van der Waals surface area contributed by atoms with Crippen molar-refractivity contribution < 1.29 is 14.3 Å². The molecular formula is C23H29BrN2O3S. The van der Waals surface area contributed by atoms with Crippen molar-refractivity contribution in [2.24, 2.45) is 0 Å². The summed E-state index contributed by atoms with van der Waals surface area (Å²) < 4.78 is 6.33. The van der Waals surface area contributed by atoms with Gasteiger partial charge in [0.15, 0.2) is 0 Å². The van der Waals surface area contributed by atoms with Gasteiger partial charge in [0.1, 0.15) is 11.8 Å². The van der Waals surface area contributed by atoms with Crippen LogP contribution in [0, 0.1) is 0 Å². The molecule has 30 heavy (non-hydrogen) atoms. The van der Waals surface area contributed by atoms with Gasteiger partial charge in [0.2, 0.25) is 11.8 Å². The van der Waals surface area contributed by atoms with Gasteiger partial charge in [0.25, 0.3) is 0 Å². The SMILES string of the molecule is CCNC(=O)[C@@H](CC)N(Cc1cccc(OC)c1)C(=O)CSCc1ccc(Br)cc1. The van der Waals surface area contributed by atoms with Crippen molar-refractivity contribution in [1.82, 2.24) is 10.2 Å². The average Bonchev–Trinajstić information content (AvgIpc) is 2.75. The van der Waals surface area contributed by atoms with Gasteiger partial charge in [-0.1, -0.05) is 47.1 Å². The van der Waals surface area contributed by atoms with Crippen LogP contribution in [0.4, 0.5) is 0 Å². The monoisotopic (exact) mass is 492 g/mol. The van der Waals surface area contributed by atoms with E-state index in [9.17, 15) is 9.59 Å². The number of benzene rings is 2. The quantitative estimate of drug-likeness (QED) is 0.496. The van der Waals surface area contributed by atoms with Gasteiger partial charge in [-0.05, 0) is 48.7 Å². The molecular weight excluding hydrogens is 464 g/mol. The lowest BCUT2D eigenvalue weighted by molar-refractivity contribution is -0.139. The Morgan fingerprint density at radius 3 is 2.50 bits per heavy atom. The molecule has 0 spiro atoms. The molecule has 0 aliphatic carbocycles. The van der Waals surface area contributed by atoms with Crippen molar-refractivity contribution in [3.8, 4) is 5.75 Å². The molecule has 0 unspecified atom stereocenters. The molecule has 0 aliphatic rings. The summed E-state index contributed by atoms with van der Waals surface area (Å²) >= 11 is 4.99. The fourth-order valence-corrected chi connectivity index (χ4v) is 4.23. The van der Waals surface area contributed by atoms with Crippen molar-refractivity contribution in [3.63, 3.8) is 0 Å². The fourth-order valence-electron chi connectivity index (χ4n) is 3.10. The second kappa shape index (κ2) is 12.6. The van der Waals surface area contributed by atoms with Crippen LogP contribution in [0.3, 0.4) is 0 Å². The van der Waals surface area contributed by atoms with Gasteiger partial charge in [-0.15, -0.1) is 11.8 Å². The summed E-state index contributed by atoms with van der Waals surface area (Å²) in [5.41, 5.74) is 2.09. The Hall–Kier alpha value is -1.99. The van der Waals surface area contributed by atoms with Gasteiger partial charge in [-0.25, -0.2) is 0 Å². The summed E-state index contributed by atoms with van der Waals surface area (Å²) in [4.78, 5) is 27.5. The van der Waals surface area contributed by atoms with Crippen LogP contribution in [0.1, 0.15) is 31.4 Å². The maximum atomic E-state index is 13.1. The van der Waals surface area contributed by atoms with E-state index in [2.05, 4.69) is 21.2 Å². The molecule has 1 N–H and O–H groups in total. The van der Waals surface area contributed by atoms with Gasteiger partial charge in [-0.2, -0.15) is 0 Å². The van der Waals surface area contributed by atoms with E-state index in [0.717, 1.165) is 27.1 Å². The molecule has 7 heteroatoms. The smallest absolute Gasteiger partial charge is 0.242 e. The van der Waals surface area contributed by atoms with Crippen LogP contribution < -0.4 is 10.1 Å². The van der Waals surface area contributed by atoms with E-state index < -0.39 is 6.04 Å². The predicted molar refractivity (Wildman–Crippen MR) is 127 cm³/mol. The number of methoxy groups -OCH3 is 1. The van der Waals surface area contributed by atoms with E-state index in [1.54, 1.807) is 23.8 Å². The fraction of sp³-hybridized carbons (Fsp3) is 0.391. The molecule has 162 valence electrons. The molecule has 0 heterocycles. The molecule has 0 fully saturated rings. The molecule has 0 aromatic heterocycles. The number of hydrogen-bond acceptors (Lipinski definition) is 4. The minimum absolute atomic E-state index is 0.0435. The zero-order valence-electron chi connectivity index (χ0n) is 17.7. The summed E-state index contributed by atoms with van der Waals surface area (Å²) in [6, 6.07) is 15.2. The molecule has 1 atom stereocenters. The van der Waals surface area contributed by atoms with Crippen LogP contribution in [0.5, 0.6) is 5.75 Å². The number of hydrogen-bond donors (Lipinski definition) is 1. The van der Waals surface area contributed by atoms with Crippen molar-refractivity contribution in [3.05, 3.63) is 64.1 Å². The molecule has 0 bridgehead atoms. The molecule has 5 nitrogen and oxygen atoms in total. The van der Waals surface area contributed by atoms with Gasteiger partial charge < -0.3 is 15.0 Å². The molecule has 2 rings (SSSR count). The van der Waals surface area contributed by atoms with Crippen molar-refractivity contribution in [1.29, 1.82) is 0 Å². The van der Waals surface area contributed by atoms with Crippen molar-refractivity contribution in [2.45, 2.75) is 38.6 Å². The van der Waals surface area contributed by atoms with Crippen LogP contribution >= 0.6 is 27.7 Å². The first-order chi connectivity index (χ1) is 14.5. The van der Waals surface area contributed by atoms with E-state index in [1.807, 2.05) is 62.4 Å². The second-order valence-electron chi connectivity index (χ2n) is 6.81. The highest BCUT2D eigenvalue weighted by molar-refractivity contribution is 9.10. The standard InChI is InChI=1S/C23H29BrN2O3S/c1-4-21(23(28)25-5-2)26(14-18-7-6-8-20(13-18)29-3)22(27)16-30-15-17-9-11-19(24)12-10-17/h6-13,21H,4-5,14-16H2,1-3H3,(H,25,28)/t21-/m1/s1. The molecule has 0 saturated carbocycles.